The molecule has 1 aliphatic rings. The van der Waals surface area contributed by atoms with E-state index in [4.69, 9.17) is 14.6 Å². The predicted octanol–water partition coefficient (Wildman–Crippen LogP) is 5.96. The summed E-state index contributed by atoms with van der Waals surface area (Å²) in [5.41, 5.74) is 2.04. The van der Waals surface area contributed by atoms with Gasteiger partial charge in [0.05, 0.1) is 18.3 Å². The Morgan fingerprint density at radius 2 is 2.09 bits per heavy atom. The lowest BCUT2D eigenvalue weighted by atomic mass is 9.95. The van der Waals surface area contributed by atoms with Crippen LogP contribution >= 0.6 is 27.7 Å². The maximum Gasteiger partial charge on any atom is 0.338 e. The highest BCUT2D eigenvalue weighted by Crippen LogP contribution is 2.41. The molecule has 0 saturated heterocycles. The Morgan fingerprint density at radius 1 is 1.31 bits per heavy atom. The number of thioether (sulfide) groups is 1. The monoisotopic (exact) mass is 522 g/mol. The highest BCUT2D eigenvalue weighted by atomic mass is 79.9. The normalized spacial score (nSPS) is 15.5. The van der Waals surface area contributed by atoms with Crippen molar-refractivity contribution in [2.24, 2.45) is 0 Å². The smallest absolute Gasteiger partial charge is 0.338 e. The summed E-state index contributed by atoms with van der Waals surface area (Å²) in [6.45, 7) is 10.4. The molecule has 2 heterocycles. The first-order chi connectivity index (χ1) is 15.3. The number of benzene rings is 1. The Morgan fingerprint density at radius 3 is 2.78 bits per heavy atom. The summed E-state index contributed by atoms with van der Waals surface area (Å²) in [6, 6.07) is 5.34. The fraction of sp³-hybridized carbons (Fsp3) is 0.522. The van der Waals surface area contributed by atoms with Gasteiger partial charge in [0, 0.05) is 21.5 Å². The quantitative estimate of drug-likeness (QED) is 0.234. The number of hydrogen-bond donors (Lipinski definition) is 1. The summed E-state index contributed by atoms with van der Waals surface area (Å²) in [4.78, 5) is 17.9. The van der Waals surface area contributed by atoms with Gasteiger partial charge in [0.2, 0.25) is 11.1 Å². The summed E-state index contributed by atoms with van der Waals surface area (Å²) < 4.78 is 14.4. The number of allylic oxidation sites excluding steroid dienone is 1. The van der Waals surface area contributed by atoms with Crippen LogP contribution in [-0.2, 0) is 9.53 Å². The molecule has 1 aliphatic heterocycles. The Hall–Kier alpha value is -2.00. The number of aromatic nitrogens is 3. The van der Waals surface area contributed by atoms with Crippen LogP contribution in [-0.4, -0.2) is 39.2 Å². The number of ether oxygens (including phenoxy) is 2. The van der Waals surface area contributed by atoms with Gasteiger partial charge in [-0.05, 0) is 51.8 Å². The van der Waals surface area contributed by atoms with Gasteiger partial charge in [-0.15, -0.1) is 5.10 Å². The molecule has 7 nitrogen and oxygen atoms in total. The number of halogens is 1. The molecule has 1 atom stereocenters. The van der Waals surface area contributed by atoms with E-state index in [1.54, 1.807) is 16.4 Å². The standard InChI is InChI=1S/C23H31BrN4O3S/c1-6-8-11-30-18-10-9-16(24)13-17(18)20-19(21(29)31-14(3)4)15(5)25-22-26-23(27-28(20)22)32-12-7-2/h9-10,13-14,20H,6-8,11-12H2,1-5H3,(H,25,26,27). The molecule has 0 fully saturated rings. The lowest BCUT2D eigenvalue weighted by molar-refractivity contribution is -0.143. The molecule has 0 bridgehead atoms. The summed E-state index contributed by atoms with van der Waals surface area (Å²) in [5, 5.41) is 8.68. The Kier molecular flexibility index (Phi) is 8.64. The zero-order valence-electron chi connectivity index (χ0n) is 19.3. The van der Waals surface area contributed by atoms with Crippen molar-refractivity contribution in [2.75, 3.05) is 17.7 Å². The minimum Gasteiger partial charge on any atom is -0.493 e. The molecular weight excluding hydrogens is 492 g/mol. The number of nitrogens with one attached hydrogen (secondary N) is 1. The van der Waals surface area contributed by atoms with Gasteiger partial charge in [0.15, 0.2) is 0 Å². The minimum atomic E-state index is -0.518. The Balaban J connectivity index is 2.13. The molecule has 1 aromatic carbocycles. The van der Waals surface area contributed by atoms with Crippen LogP contribution in [0.4, 0.5) is 5.95 Å². The number of rotatable bonds is 10. The lowest BCUT2D eigenvalue weighted by Crippen LogP contribution is -2.31. The van der Waals surface area contributed by atoms with E-state index in [1.807, 2.05) is 39.0 Å². The van der Waals surface area contributed by atoms with Crippen molar-refractivity contribution in [3.8, 4) is 5.75 Å². The molecular formula is C23H31BrN4O3S. The van der Waals surface area contributed by atoms with Crippen LogP contribution in [0, 0.1) is 0 Å². The average molecular weight is 523 g/mol. The molecule has 1 N–H and O–H groups in total. The van der Waals surface area contributed by atoms with Gasteiger partial charge in [-0.2, -0.15) is 4.98 Å². The molecule has 0 amide bonds. The van der Waals surface area contributed by atoms with Crippen molar-refractivity contribution in [3.63, 3.8) is 0 Å². The highest BCUT2D eigenvalue weighted by molar-refractivity contribution is 9.10. The molecule has 0 spiro atoms. The minimum absolute atomic E-state index is 0.237. The second kappa shape index (κ2) is 11.2. The van der Waals surface area contributed by atoms with Crippen molar-refractivity contribution in [1.82, 2.24) is 14.8 Å². The molecule has 32 heavy (non-hydrogen) atoms. The van der Waals surface area contributed by atoms with Crippen LogP contribution in [0.3, 0.4) is 0 Å². The zero-order chi connectivity index (χ0) is 23.3. The van der Waals surface area contributed by atoms with Crippen molar-refractivity contribution < 1.29 is 14.3 Å². The molecule has 0 radical (unpaired) electrons. The third-order valence-electron chi connectivity index (χ3n) is 4.85. The van der Waals surface area contributed by atoms with Gasteiger partial charge in [-0.3, -0.25) is 0 Å². The first kappa shape index (κ1) is 24.6. The Bertz CT molecular complexity index is 990. The zero-order valence-corrected chi connectivity index (χ0v) is 21.7. The van der Waals surface area contributed by atoms with Crippen LogP contribution in [0.2, 0.25) is 0 Å². The van der Waals surface area contributed by atoms with Crippen LogP contribution in [0.1, 0.15) is 65.5 Å². The van der Waals surface area contributed by atoms with Gasteiger partial charge in [0.25, 0.3) is 0 Å². The van der Waals surface area contributed by atoms with E-state index in [2.05, 4.69) is 40.1 Å². The first-order valence-electron chi connectivity index (χ1n) is 11.1. The molecule has 2 aromatic rings. The maximum atomic E-state index is 13.2. The molecule has 0 saturated carbocycles. The average Bonchev–Trinajstić information content (AvgIpc) is 3.14. The molecule has 0 aliphatic carbocycles. The van der Waals surface area contributed by atoms with Crippen molar-refractivity contribution >= 4 is 39.6 Å². The van der Waals surface area contributed by atoms with Crippen molar-refractivity contribution in [1.29, 1.82) is 0 Å². The highest BCUT2D eigenvalue weighted by Gasteiger charge is 2.37. The third kappa shape index (κ3) is 5.67. The number of nitrogens with zero attached hydrogens (tertiary/aromatic N) is 3. The second-order valence-electron chi connectivity index (χ2n) is 7.92. The van der Waals surface area contributed by atoms with Crippen molar-refractivity contribution in [2.45, 2.75) is 71.2 Å². The van der Waals surface area contributed by atoms with Gasteiger partial charge >= 0.3 is 5.97 Å². The van der Waals surface area contributed by atoms with E-state index in [9.17, 15) is 4.79 Å². The number of esters is 1. The van der Waals surface area contributed by atoms with E-state index in [0.717, 1.165) is 40.8 Å². The predicted molar refractivity (Wildman–Crippen MR) is 131 cm³/mol. The van der Waals surface area contributed by atoms with Crippen LogP contribution in [0.25, 0.3) is 0 Å². The van der Waals surface area contributed by atoms with E-state index in [-0.39, 0.29) is 12.1 Å². The van der Waals surface area contributed by atoms with Crippen LogP contribution in [0.15, 0.2) is 39.1 Å². The molecule has 9 heteroatoms. The van der Waals surface area contributed by atoms with Gasteiger partial charge in [0.1, 0.15) is 11.8 Å². The molecule has 174 valence electrons. The topological polar surface area (TPSA) is 78.3 Å². The number of carbonyl (C=O) groups is 1. The fourth-order valence-corrected chi connectivity index (χ4v) is 4.47. The molecule has 1 aromatic heterocycles. The largest absolute Gasteiger partial charge is 0.493 e. The van der Waals surface area contributed by atoms with Gasteiger partial charge in [-0.1, -0.05) is 48.0 Å². The van der Waals surface area contributed by atoms with Crippen LogP contribution < -0.4 is 10.1 Å². The number of unbranched alkanes of at least 4 members (excludes halogenated alkanes) is 1. The maximum absolute atomic E-state index is 13.2. The second-order valence-corrected chi connectivity index (χ2v) is 9.89. The summed E-state index contributed by atoms with van der Waals surface area (Å²) in [5.74, 6) is 1.87. The fourth-order valence-electron chi connectivity index (χ4n) is 3.41. The molecule has 1 unspecified atom stereocenters. The third-order valence-corrected chi connectivity index (χ3v) is 6.39. The SMILES string of the molecule is CCCCOc1ccc(Br)cc1C1C(C(=O)OC(C)C)=C(C)Nc2nc(SCCC)nn21. The molecule has 3 rings (SSSR count). The van der Waals surface area contributed by atoms with Gasteiger partial charge in [-0.25, -0.2) is 9.48 Å². The van der Waals surface area contributed by atoms with E-state index in [1.165, 1.54) is 0 Å². The summed E-state index contributed by atoms with van der Waals surface area (Å²) in [7, 11) is 0. The first-order valence-corrected chi connectivity index (χ1v) is 12.8. The van der Waals surface area contributed by atoms with E-state index in [0.29, 0.717) is 29.0 Å². The van der Waals surface area contributed by atoms with E-state index < -0.39 is 6.04 Å². The van der Waals surface area contributed by atoms with Crippen molar-refractivity contribution in [3.05, 3.63) is 39.5 Å². The number of anilines is 1. The summed E-state index contributed by atoms with van der Waals surface area (Å²) in [6.07, 6.45) is 2.77. The number of carbonyl (C=O) groups excluding carboxylic acids is 1. The number of fused-ring (bicyclic) bond motifs is 1. The van der Waals surface area contributed by atoms with Crippen LogP contribution in [0.5, 0.6) is 5.75 Å². The van der Waals surface area contributed by atoms with Gasteiger partial charge < -0.3 is 14.8 Å². The summed E-state index contributed by atoms with van der Waals surface area (Å²) >= 11 is 5.18. The lowest BCUT2D eigenvalue weighted by Gasteiger charge is -2.29. The Labute approximate surface area is 202 Å². The van der Waals surface area contributed by atoms with E-state index >= 15 is 0 Å². The number of hydrogen-bond acceptors (Lipinski definition) is 7.